The lowest BCUT2D eigenvalue weighted by Crippen LogP contribution is -2.48. The molecule has 27 nitrogen and oxygen atoms in total. The number of rotatable bonds is 21. The number of guanidine groups is 4. The number of morpholine rings is 1. The second kappa shape index (κ2) is 44.1. The highest BCUT2D eigenvalue weighted by Gasteiger charge is 2.55. The Morgan fingerprint density at radius 1 is 0.476 bits per heavy atom. The van der Waals surface area contributed by atoms with Gasteiger partial charge in [-0.15, -0.1) is 11.3 Å². The van der Waals surface area contributed by atoms with Crippen LogP contribution < -0.4 is 43.0 Å². The molecule has 21 rings (SSSR count). The van der Waals surface area contributed by atoms with Gasteiger partial charge in [-0.2, -0.15) is 0 Å². The summed E-state index contributed by atoms with van der Waals surface area (Å²) in [5.74, 6) is 1.03. The first-order valence-corrected chi connectivity index (χ1v) is 49.8. The smallest absolute Gasteiger partial charge is 0.319 e. The van der Waals surface area contributed by atoms with Crippen molar-refractivity contribution in [2.45, 2.75) is 93.0 Å². The van der Waals surface area contributed by atoms with Gasteiger partial charge in [0.15, 0.2) is 57.5 Å². The summed E-state index contributed by atoms with van der Waals surface area (Å²) in [5.41, 5.74) is 30.9. The lowest BCUT2D eigenvalue weighted by Gasteiger charge is -2.35. The lowest BCUT2D eigenvalue weighted by molar-refractivity contribution is -0.131. The number of likely N-dealkylation sites (tertiary alicyclic amines) is 1. The number of halogens is 4. The fraction of sp³-hybridized carbons (Fsp3) is 0.183. The Kier molecular flexibility index (Phi) is 30.7. The zero-order valence-electron chi connectivity index (χ0n) is 80.9. The highest BCUT2D eigenvalue weighted by molar-refractivity contribution is 9.10. The summed E-state index contributed by atoms with van der Waals surface area (Å²) in [7, 11) is 3.16. The van der Waals surface area contributed by atoms with E-state index >= 15 is 0 Å². The third kappa shape index (κ3) is 21.2. The first kappa shape index (κ1) is 102. The first-order chi connectivity index (χ1) is 70.9. The van der Waals surface area contributed by atoms with E-state index in [2.05, 4.69) is 42.6 Å². The fourth-order valence-corrected chi connectivity index (χ4v) is 20.6. The number of fused-ring (bicyclic) bond motifs is 1. The van der Waals surface area contributed by atoms with Crippen molar-refractivity contribution >= 4 is 127 Å². The van der Waals surface area contributed by atoms with Crippen LogP contribution in [0.4, 0.5) is 14.9 Å². The third-order valence-electron chi connectivity index (χ3n) is 26.5. The first-order valence-electron chi connectivity index (χ1n) is 47.4. The molecule has 2 fully saturated rings. The van der Waals surface area contributed by atoms with Crippen LogP contribution in [0.1, 0.15) is 109 Å². The number of carbonyl (C=O) groups is 7. The van der Waals surface area contributed by atoms with Crippen molar-refractivity contribution in [1.29, 1.82) is 5.41 Å². The van der Waals surface area contributed by atoms with E-state index in [1.54, 1.807) is 96.8 Å². The second-order valence-corrected chi connectivity index (χ2v) is 39.0. The van der Waals surface area contributed by atoms with E-state index in [-0.39, 0.29) is 97.4 Å². The summed E-state index contributed by atoms with van der Waals surface area (Å²) in [6.45, 7) is 8.33. The molecule has 4 unspecified atom stereocenters. The number of ether oxygens (including phenoxy) is 3. The molecule has 0 saturated carbocycles. The SMILES string of the molecule is CC1CN(C(=O)c2cccc(CN3C(=O)C(c4ccccc4)(c4ccccc4)N=C3N)c2)CC(C)O1.CN1C(=O)C(C)(c2cccc(-c3cc(Cl)ccc3CNC(=O)Nc3ccc(Cl)cc3)c2)N=C1N.CN1C(=O)C(c2ccccc2)(c2cc(F)cc(Br)c2)N=C1N.N=C1CC(c2ccccc2)(c2ccccc2)C(=O)N1Cc1ccc2c(c1)OCO2.NC1=NC(c2ccccc2)(c2ccccc2)C(=O)N1CCc1cccs1. The van der Waals surface area contributed by atoms with Crippen LogP contribution in [0.15, 0.2) is 382 Å². The molecule has 11 N–H and O–H groups in total. The summed E-state index contributed by atoms with van der Waals surface area (Å²) >= 11 is 17.1. The minimum Gasteiger partial charge on any atom is -0.454 e. The van der Waals surface area contributed by atoms with Crippen LogP contribution in [-0.2, 0) is 82.3 Å². The zero-order chi connectivity index (χ0) is 103. The predicted octanol–water partition coefficient (Wildman–Crippen LogP) is 18.6. The Labute approximate surface area is 872 Å². The molecule has 0 aliphatic carbocycles. The van der Waals surface area contributed by atoms with Gasteiger partial charge in [0.05, 0.1) is 25.3 Å². The van der Waals surface area contributed by atoms with Crippen LogP contribution >= 0.6 is 50.5 Å². The number of nitrogens with one attached hydrogen (secondary N) is 3. The fourth-order valence-electron chi connectivity index (χ4n) is 19.2. The number of hydrogen-bond acceptors (Lipinski definition) is 20. The minimum absolute atomic E-state index is 0.0109. The van der Waals surface area contributed by atoms with Gasteiger partial charge in [-0.25, -0.2) is 29.2 Å². The maximum Gasteiger partial charge on any atom is 0.319 e. The summed E-state index contributed by atoms with van der Waals surface area (Å²) in [6, 6.07) is 108. The third-order valence-corrected chi connectivity index (χ3v) is 28.4. The number of nitrogens with zero attached hydrogens (tertiary/aromatic N) is 10. The number of benzene rings is 13. The summed E-state index contributed by atoms with van der Waals surface area (Å²) in [5, 5.41) is 17.5. The van der Waals surface area contributed by atoms with E-state index in [0.717, 1.165) is 67.6 Å². The summed E-state index contributed by atoms with van der Waals surface area (Å²) < 4.78 is 31.0. The van der Waals surface area contributed by atoms with Crippen molar-refractivity contribution < 1.29 is 52.2 Å². The molecule has 14 aromatic rings. The Bertz CT molecular complexity index is 7230. The quantitative estimate of drug-likeness (QED) is 0.0352. The number of amidine groups is 1. The van der Waals surface area contributed by atoms with Crippen molar-refractivity contribution in [3.8, 4) is 22.6 Å². The van der Waals surface area contributed by atoms with Gasteiger partial charge in [0.1, 0.15) is 17.1 Å². The summed E-state index contributed by atoms with van der Waals surface area (Å²) in [6.07, 6.45) is 1.08. The average Bonchev–Trinajstić information content (AvgIpc) is 1.59. The zero-order valence-corrected chi connectivity index (χ0v) is 84.8. The number of urea groups is 1. The molecule has 32 heteroatoms. The van der Waals surface area contributed by atoms with E-state index in [1.165, 1.54) is 31.7 Å². The average molecular weight is 2090 g/mol. The number of thiophene rings is 1. The maximum absolute atomic E-state index is 14.0. The number of aliphatic imine (C=N–C) groups is 4. The van der Waals surface area contributed by atoms with E-state index in [0.29, 0.717) is 92.4 Å². The van der Waals surface area contributed by atoms with Crippen LogP contribution in [0.3, 0.4) is 0 Å². The van der Waals surface area contributed by atoms with Gasteiger partial charge in [-0.1, -0.05) is 300 Å². The Morgan fingerprint density at radius 2 is 0.959 bits per heavy atom. The van der Waals surface area contributed by atoms with Gasteiger partial charge in [0, 0.05) is 77.3 Å². The molecule has 744 valence electrons. The van der Waals surface area contributed by atoms with Gasteiger partial charge in [-0.3, -0.25) is 58.7 Å². The van der Waals surface area contributed by atoms with Crippen molar-refractivity contribution in [3.05, 3.63) is 455 Å². The van der Waals surface area contributed by atoms with Crippen molar-refractivity contribution in [2.24, 2.45) is 42.9 Å². The Balaban J connectivity index is 0.000000127. The molecule has 4 atom stereocenters. The number of hydrogen-bond donors (Lipinski definition) is 7. The van der Waals surface area contributed by atoms with Crippen LogP contribution in [0.2, 0.25) is 10.0 Å². The van der Waals surface area contributed by atoms with Crippen molar-refractivity contribution in [3.63, 3.8) is 0 Å². The van der Waals surface area contributed by atoms with E-state index in [9.17, 15) is 38.0 Å². The molecule has 0 radical (unpaired) electrons. The lowest BCUT2D eigenvalue weighted by atomic mass is 9.73. The molecule has 7 aliphatic heterocycles. The molecule has 1 aromatic heterocycles. The van der Waals surface area contributed by atoms with Crippen LogP contribution in [0.5, 0.6) is 11.5 Å². The van der Waals surface area contributed by atoms with Crippen molar-refractivity contribution in [2.75, 3.05) is 45.8 Å². The van der Waals surface area contributed by atoms with Crippen LogP contribution in [-0.4, -0.2) is 153 Å². The van der Waals surface area contributed by atoms with E-state index in [4.69, 9.17) is 75.7 Å². The molecule has 8 amide bonds. The number of carbonyl (C=O) groups excluding carboxylic acids is 7. The number of likely N-dealkylation sites (N-methyl/N-ethyl adjacent to an activating group) is 2. The van der Waals surface area contributed by atoms with E-state index in [1.807, 2.05) is 303 Å². The van der Waals surface area contributed by atoms with Gasteiger partial charge >= 0.3 is 6.03 Å². The van der Waals surface area contributed by atoms with Crippen LogP contribution in [0, 0.1) is 11.2 Å². The number of amides is 8. The van der Waals surface area contributed by atoms with Gasteiger partial charge in [0.25, 0.3) is 29.5 Å². The molecule has 0 spiro atoms. The standard InChI is InChI=1S/C29H30N4O3.C25H23Cl2N5O2.C24H20N2O3.C21H19N3OS.C16H13BrFN3O/c1-20-17-32(18-21(2)36-20)26(34)23-11-9-10-22(16-23)19-33-27(35)29(31-28(33)30,24-12-5-3-6-13-24)25-14-7-4-8-15-25;1-25(22(33)32(2)23(28)31-25)17-5-3-4-15(12-17)21-13-19(27)7-6-16(21)14-29-24(34)30-20-10-8-18(26)9-11-20;25-22-14-24(18-7-3-1-4-8-18,19-9-5-2-6-10-19)23(27)26(22)15-17-11-12-20-21(13-17)29-16-28-20;22-20-23-21(16-8-3-1-4-9-16,17-10-5-2-6-11-17)19(25)24(20)14-13-18-12-7-15-26-18;1-21-14(22)16(20-15(21)19,10-5-3-2-4-6-10)11-7-12(17)9-13(18)8-11/h3-16,20-21H,17-19H2,1-2H3,(H2,30,31);3-13H,14H2,1-2H3,(H2,28,31)(H2,29,30,34);1-13,25H,14-16H2;1-12,15H,13-14H2,(H2,22,23);2-9H,1H3,(H2,19,20). The largest absolute Gasteiger partial charge is 0.454 e. The Morgan fingerprint density at radius 3 is 1.48 bits per heavy atom. The second-order valence-electron chi connectivity index (χ2n) is 36.2. The summed E-state index contributed by atoms with van der Waals surface area (Å²) in [4.78, 5) is 121. The highest BCUT2D eigenvalue weighted by Crippen LogP contribution is 2.48. The van der Waals surface area contributed by atoms with Gasteiger partial charge in [-0.05, 0) is 201 Å². The Hall–Kier alpha value is -16.3. The van der Waals surface area contributed by atoms with Gasteiger partial charge in [0.2, 0.25) is 12.7 Å². The highest BCUT2D eigenvalue weighted by atomic mass is 79.9. The molecular weight excluding hydrogens is 1980 g/mol. The van der Waals surface area contributed by atoms with Crippen LogP contribution in [0.25, 0.3) is 11.1 Å². The number of nitrogens with two attached hydrogens (primary N) is 4. The topological polar surface area (TPSA) is 368 Å². The monoisotopic (exact) mass is 2080 g/mol. The maximum atomic E-state index is 14.0. The molecule has 13 aromatic carbocycles. The molecule has 2 saturated heterocycles. The molecule has 7 aliphatic rings. The molecule has 147 heavy (non-hydrogen) atoms. The minimum atomic E-state index is -1.36. The predicted molar refractivity (Wildman–Crippen MR) is 574 cm³/mol. The van der Waals surface area contributed by atoms with Crippen molar-refractivity contribution in [1.82, 2.24) is 34.7 Å². The number of anilines is 1. The molecule has 8 heterocycles. The normalized spacial score (nSPS) is 18.6. The molecule has 0 bridgehead atoms. The van der Waals surface area contributed by atoms with Gasteiger partial charge < -0.3 is 52.7 Å². The van der Waals surface area contributed by atoms with E-state index < -0.39 is 33.4 Å². The molecular formula is C115H105BrCl2FN17O10S.